The molecule has 124 valence electrons. The van der Waals surface area contributed by atoms with Crippen molar-refractivity contribution in [2.75, 3.05) is 5.32 Å². The number of phenolic OH excluding ortho intramolecular Hbond substituents is 1. The predicted octanol–water partition coefficient (Wildman–Crippen LogP) is 4.52. The van der Waals surface area contributed by atoms with Gasteiger partial charge in [0.1, 0.15) is 5.75 Å². The zero-order valence-corrected chi connectivity index (χ0v) is 15.4. The average molecular weight is 330 g/mol. The van der Waals surface area contributed by atoms with Crippen LogP contribution in [0.3, 0.4) is 0 Å². The third kappa shape index (κ3) is 4.59. The highest BCUT2D eigenvalue weighted by Gasteiger charge is 2.37. The molecule has 0 heterocycles. The molecule has 0 amide bonds. The number of nitrogens with one attached hydrogen (secondary N) is 1. The highest BCUT2D eigenvalue weighted by molar-refractivity contribution is 6.72. The van der Waals surface area contributed by atoms with Crippen molar-refractivity contribution in [1.82, 2.24) is 0 Å². The Bertz CT molecular complexity index is 662. The van der Waals surface area contributed by atoms with Gasteiger partial charge in [0, 0.05) is 17.8 Å². The summed E-state index contributed by atoms with van der Waals surface area (Å²) >= 11 is 0. The van der Waals surface area contributed by atoms with E-state index in [-0.39, 0.29) is 5.04 Å². The van der Waals surface area contributed by atoms with Gasteiger partial charge in [-0.3, -0.25) is 0 Å². The summed E-state index contributed by atoms with van der Waals surface area (Å²) in [4.78, 5) is 10.5. The molecule has 0 saturated carbocycles. The van der Waals surface area contributed by atoms with Gasteiger partial charge in [0.05, 0.1) is 0 Å². The topological polar surface area (TPSA) is 52.5 Å². The Morgan fingerprint density at radius 3 is 2.39 bits per heavy atom. The van der Waals surface area contributed by atoms with Gasteiger partial charge in [0.25, 0.3) is 0 Å². The summed E-state index contributed by atoms with van der Waals surface area (Å²) in [6.45, 7) is 8.85. The van der Waals surface area contributed by atoms with Crippen LogP contribution in [0.15, 0.2) is 48.5 Å². The van der Waals surface area contributed by atoms with Crippen LogP contribution >= 0.6 is 0 Å². The highest BCUT2D eigenvalue weighted by Crippen LogP contribution is 2.38. The summed E-state index contributed by atoms with van der Waals surface area (Å²) in [6, 6.07) is 15.6. The Morgan fingerprint density at radius 2 is 1.74 bits per heavy atom. The van der Waals surface area contributed by atoms with Crippen molar-refractivity contribution in [2.45, 2.75) is 44.9 Å². The summed E-state index contributed by atoms with van der Waals surface area (Å²) in [5.74, 6) is 0.310. The minimum absolute atomic E-state index is 0.0800. The lowest BCUT2D eigenvalue weighted by Crippen LogP contribution is -2.40. The van der Waals surface area contributed by atoms with Crippen LogP contribution in [0, 0.1) is 0 Å². The Hall–Kier alpha value is -1.78. The fourth-order valence-electron chi connectivity index (χ4n) is 2.38. The smallest absolute Gasteiger partial charge is 0.188 e. The molecule has 3 nitrogen and oxygen atoms in total. The lowest BCUT2D eigenvalue weighted by Gasteiger charge is -2.35. The Morgan fingerprint density at radius 1 is 1.04 bits per heavy atom. The van der Waals surface area contributed by atoms with Crippen molar-refractivity contribution >= 4 is 14.0 Å². The molecule has 0 radical (unpaired) electrons. The molecule has 4 heteroatoms. The van der Waals surface area contributed by atoms with E-state index in [0.29, 0.717) is 12.3 Å². The van der Waals surface area contributed by atoms with Crippen LogP contribution in [0.4, 0.5) is 5.69 Å². The van der Waals surface area contributed by atoms with Crippen LogP contribution in [-0.4, -0.2) is 18.2 Å². The van der Waals surface area contributed by atoms with Crippen LogP contribution in [-0.2, 0) is 13.0 Å². The van der Waals surface area contributed by atoms with Gasteiger partial charge >= 0.3 is 0 Å². The Balaban J connectivity index is 2.07. The summed E-state index contributed by atoms with van der Waals surface area (Å²) < 4.78 is 0. The van der Waals surface area contributed by atoms with Gasteiger partial charge in [-0.2, -0.15) is 0 Å². The van der Waals surface area contributed by atoms with Gasteiger partial charge in [-0.05, 0) is 48.3 Å². The van der Waals surface area contributed by atoms with Crippen molar-refractivity contribution < 1.29 is 9.90 Å². The number of phenols is 1. The first-order valence-corrected chi connectivity index (χ1v) is 11.0. The molecule has 2 aromatic rings. The van der Waals surface area contributed by atoms with Crippen molar-refractivity contribution in [2.24, 2.45) is 0 Å². The van der Waals surface area contributed by atoms with Crippen LogP contribution in [0.2, 0.25) is 18.1 Å². The van der Waals surface area contributed by atoms with Gasteiger partial charge in [-0.25, -0.2) is 0 Å². The molecule has 0 atom stereocenters. The second kappa shape index (κ2) is 6.77. The molecule has 2 aromatic carbocycles. The van der Waals surface area contributed by atoms with Crippen LogP contribution in [0.5, 0.6) is 5.75 Å². The quantitative estimate of drug-likeness (QED) is 0.683. The number of benzene rings is 2. The first kappa shape index (κ1) is 17.6. The van der Waals surface area contributed by atoms with Gasteiger partial charge in [-0.1, -0.05) is 44.2 Å². The second-order valence-electron chi connectivity index (χ2n) is 7.30. The maximum absolute atomic E-state index is 10.5. The summed E-state index contributed by atoms with van der Waals surface area (Å²) in [7, 11) is -2.22. The zero-order chi connectivity index (χ0) is 17.1. The Labute approximate surface area is 140 Å². The molecule has 23 heavy (non-hydrogen) atoms. The first-order chi connectivity index (χ1) is 10.7. The fraction of sp³-hybridized carbons (Fsp3) is 0.368. The van der Waals surface area contributed by atoms with E-state index in [4.69, 9.17) is 0 Å². The van der Waals surface area contributed by atoms with Gasteiger partial charge in [-0.15, -0.1) is 0 Å². The summed E-state index contributed by atoms with van der Waals surface area (Å²) in [5.41, 5.74) is 3.12. The van der Waals surface area contributed by atoms with E-state index in [0.717, 1.165) is 17.7 Å². The maximum Gasteiger partial charge on any atom is 0.188 e. The van der Waals surface area contributed by atoms with E-state index >= 15 is 0 Å². The normalized spacial score (nSPS) is 12.2. The monoisotopic (exact) mass is 329 g/mol. The van der Waals surface area contributed by atoms with E-state index in [1.165, 1.54) is 5.56 Å². The first-order valence-electron chi connectivity index (χ1n) is 8.01. The zero-order valence-electron chi connectivity index (χ0n) is 14.4. The van der Waals surface area contributed by atoms with E-state index in [1.807, 2.05) is 43.4 Å². The van der Waals surface area contributed by atoms with E-state index in [2.05, 4.69) is 31.3 Å². The largest absolute Gasteiger partial charge is 0.508 e. The van der Waals surface area contributed by atoms with Gasteiger partial charge < -0.3 is 15.2 Å². The van der Waals surface area contributed by atoms with Gasteiger partial charge in [0.15, 0.2) is 8.32 Å². The number of hydrogen-bond donors (Lipinski definition) is 3. The number of rotatable bonds is 6. The van der Waals surface area contributed by atoms with Crippen molar-refractivity contribution in [3.8, 4) is 5.75 Å². The molecule has 0 bridgehead atoms. The number of para-hydroxylation sites is 1. The number of hydrogen-bond acceptors (Lipinski definition) is 3. The predicted molar refractivity (Wildman–Crippen MR) is 99.3 cm³/mol. The lowest BCUT2D eigenvalue weighted by molar-refractivity contribution is 0.467. The SMILES string of the molecule is CC(C)(Cc1cccc(NCc2ccccc2O)c1)[Si](C)(C)O. The maximum atomic E-state index is 10.5. The molecular formula is C19H27NO2Si. The van der Waals surface area contributed by atoms with Crippen molar-refractivity contribution in [3.63, 3.8) is 0 Å². The summed E-state index contributed by atoms with van der Waals surface area (Å²) in [5, 5.41) is 13.1. The van der Waals surface area contributed by atoms with Crippen molar-refractivity contribution in [3.05, 3.63) is 59.7 Å². The van der Waals surface area contributed by atoms with E-state index < -0.39 is 8.32 Å². The molecule has 0 aliphatic rings. The molecule has 3 N–H and O–H groups in total. The third-order valence-corrected chi connectivity index (χ3v) is 8.19. The molecule has 0 saturated heterocycles. The third-order valence-electron chi connectivity index (χ3n) is 4.70. The van der Waals surface area contributed by atoms with Crippen LogP contribution in [0.1, 0.15) is 25.0 Å². The summed E-state index contributed by atoms with van der Waals surface area (Å²) in [6.07, 6.45) is 0.856. The molecule has 0 aliphatic carbocycles. The molecule has 0 spiro atoms. The molecule has 0 aliphatic heterocycles. The van der Waals surface area contributed by atoms with Crippen LogP contribution in [0.25, 0.3) is 0 Å². The fourth-order valence-corrected chi connectivity index (χ4v) is 3.01. The minimum Gasteiger partial charge on any atom is -0.508 e. The molecule has 0 fully saturated rings. The number of anilines is 1. The molecule has 2 rings (SSSR count). The second-order valence-corrected chi connectivity index (χ2v) is 11.8. The molecule has 0 unspecified atom stereocenters. The minimum atomic E-state index is -2.22. The van der Waals surface area contributed by atoms with Crippen molar-refractivity contribution in [1.29, 1.82) is 0 Å². The molecular weight excluding hydrogens is 302 g/mol. The van der Waals surface area contributed by atoms with Gasteiger partial charge in [0.2, 0.25) is 0 Å². The van der Waals surface area contributed by atoms with E-state index in [1.54, 1.807) is 6.07 Å². The Kier molecular flexibility index (Phi) is 5.17. The van der Waals surface area contributed by atoms with Crippen LogP contribution < -0.4 is 5.32 Å². The number of aromatic hydroxyl groups is 1. The lowest BCUT2D eigenvalue weighted by atomic mass is 10.0. The standard InChI is InChI=1S/C19H27NO2Si/c1-19(2,23(3,4)22)13-15-8-7-10-17(12-15)20-14-16-9-5-6-11-18(16)21/h5-12,20-22H,13-14H2,1-4H3. The molecule has 0 aromatic heterocycles. The average Bonchev–Trinajstić information content (AvgIpc) is 2.45. The highest BCUT2D eigenvalue weighted by atomic mass is 28.4. The van der Waals surface area contributed by atoms with E-state index in [9.17, 15) is 9.90 Å².